The molecule has 0 bridgehead atoms. The fraction of sp³-hybridized carbons (Fsp3) is 1.00. The van der Waals surface area contributed by atoms with Gasteiger partial charge in [0.05, 0.1) is 12.7 Å². The molecular formula is C12H25NO2. The normalized spacial score (nSPS) is 20.6. The molecule has 2 N–H and O–H groups in total. The summed E-state index contributed by atoms with van der Waals surface area (Å²) >= 11 is 0. The summed E-state index contributed by atoms with van der Waals surface area (Å²) in [5, 5.41) is 12.9. The van der Waals surface area contributed by atoms with Gasteiger partial charge in [0, 0.05) is 19.7 Å². The van der Waals surface area contributed by atoms with E-state index in [-0.39, 0.29) is 6.10 Å². The number of aliphatic hydroxyl groups is 1. The molecule has 0 saturated heterocycles. The van der Waals surface area contributed by atoms with E-state index < -0.39 is 0 Å². The summed E-state index contributed by atoms with van der Waals surface area (Å²) in [6.45, 7) is 9.34. The highest BCUT2D eigenvalue weighted by Gasteiger charge is 2.36. The van der Waals surface area contributed by atoms with Crippen LogP contribution in [0, 0.1) is 11.3 Å². The Balaban J connectivity index is 1.91. The maximum absolute atomic E-state index is 9.59. The molecule has 0 spiro atoms. The van der Waals surface area contributed by atoms with E-state index in [1.54, 1.807) is 0 Å². The largest absolute Gasteiger partial charge is 0.389 e. The van der Waals surface area contributed by atoms with Crippen molar-refractivity contribution in [3.8, 4) is 0 Å². The van der Waals surface area contributed by atoms with Gasteiger partial charge in [0.2, 0.25) is 0 Å². The maximum atomic E-state index is 9.59. The average Bonchev–Trinajstić information content (AvgIpc) is 2.83. The van der Waals surface area contributed by atoms with Gasteiger partial charge in [-0.2, -0.15) is 0 Å². The lowest BCUT2D eigenvalue weighted by molar-refractivity contribution is 0.0258. The lowest BCUT2D eigenvalue weighted by Gasteiger charge is -2.15. The highest BCUT2D eigenvalue weighted by atomic mass is 16.5. The smallest absolute Gasteiger partial charge is 0.0897 e. The second-order valence-corrected chi connectivity index (χ2v) is 5.53. The topological polar surface area (TPSA) is 41.5 Å². The lowest BCUT2D eigenvalue weighted by Crippen LogP contribution is -2.33. The molecular weight excluding hydrogens is 190 g/mol. The molecule has 0 aromatic carbocycles. The predicted molar refractivity (Wildman–Crippen MR) is 61.9 cm³/mol. The second kappa shape index (κ2) is 5.83. The Hall–Kier alpha value is -0.120. The van der Waals surface area contributed by atoms with Crippen molar-refractivity contribution in [2.45, 2.75) is 39.7 Å². The minimum atomic E-state index is -0.369. The number of hydrogen-bond donors (Lipinski definition) is 2. The maximum Gasteiger partial charge on any atom is 0.0897 e. The summed E-state index contributed by atoms with van der Waals surface area (Å²) < 4.78 is 5.37. The van der Waals surface area contributed by atoms with Crippen LogP contribution in [0.25, 0.3) is 0 Å². The first-order valence-corrected chi connectivity index (χ1v) is 5.98. The first-order chi connectivity index (χ1) is 7.02. The van der Waals surface area contributed by atoms with Crippen LogP contribution in [0.15, 0.2) is 0 Å². The Morgan fingerprint density at radius 3 is 2.53 bits per heavy atom. The van der Waals surface area contributed by atoms with E-state index in [1.807, 2.05) is 0 Å². The van der Waals surface area contributed by atoms with Gasteiger partial charge in [-0.1, -0.05) is 20.8 Å². The van der Waals surface area contributed by atoms with E-state index in [2.05, 4.69) is 26.1 Å². The summed E-state index contributed by atoms with van der Waals surface area (Å²) in [5.41, 5.74) is 0.512. The molecule has 15 heavy (non-hydrogen) atoms. The number of nitrogens with one attached hydrogen (secondary N) is 1. The van der Waals surface area contributed by atoms with Crippen LogP contribution in [0.5, 0.6) is 0 Å². The Bertz CT molecular complexity index is 178. The Labute approximate surface area is 93.2 Å². The molecule has 0 heterocycles. The third kappa shape index (κ3) is 6.13. The Kier molecular flexibility index (Phi) is 5.03. The number of ether oxygens (including phenoxy) is 1. The minimum Gasteiger partial charge on any atom is -0.389 e. The first-order valence-electron chi connectivity index (χ1n) is 5.98. The van der Waals surface area contributed by atoms with Gasteiger partial charge in [0.15, 0.2) is 0 Å². The van der Waals surface area contributed by atoms with Crippen LogP contribution in [-0.2, 0) is 4.74 Å². The molecule has 0 amide bonds. The van der Waals surface area contributed by atoms with Gasteiger partial charge in [0.25, 0.3) is 0 Å². The van der Waals surface area contributed by atoms with Crippen molar-refractivity contribution in [1.29, 1.82) is 0 Å². The van der Waals surface area contributed by atoms with E-state index in [9.17, 15) is 5.11 Å². The quantitative estimate of drug-likeness (QED) is 0.643. The number of hydrogen-bond acceptors (Lipinski definition) is 3. The van der Waals surface area contributed by atoms with Crippen LogP contribution in [0.1, 0.15) is 33.6 Å². The van der Waals surface area contributed by atoms with Crippen LogP contribution in [0.3, 0.4) is 0 Å². The molecule has 1 fully saturated rings. The second-order valence-electron chi connectivity index (χ2n) is 5.53. The Morgan fingerprint density at radius 1 is 1.33 bits per heavy atom. The fourth-order valence-electron chi connectivity index (χ4n) is 1.43. The third-order valence-electron chi connectivity index (χ3n) is 2.80. The molecule has 90 valence electrons. The number of aliphatic hydroxyl groups excluding tert-OH is 1. The van der Waals surface area contributed by atoms with E-state index in [0.29, 0.717) is 24.5 Å². The van der Waals surface area contributed by atoms with Crippen molar-refractivity contribution in [1.82, 2.24) is 5.32 Å². The zero-order valence-corrected chi connectivity index (χ0v) is 10.3. The monoisotopic (exact) mass is 215 g/mol. The van der Waals surface area contributed by atoms with E-state index in [0.717, 1.165) is 13.2 Å². The van der Waals surface area contributed by atoms with Crippen LogP contribution >= 0.6 is 0 Å². The summed E-state index contributed by atoms with van der Waals surface area (Å²) in [7, 11) is 0. The first kappa shape index (κ1) is 12.9. The summed E-state index contributed by atoms with van der Waals surface area (Å²) in [5.74, 6) is 0.538. The zero-order valence-electron chi connectivity index (χ0n) is 10.3. The van der Waals surface area contributed by atoms with Crippen molar-refractivity contribution >= 4 is 0 Å². The van der Waals surface area contributed by atoms with Crippen molar-refractivity contribution in [2.75, 3.05) is 26.3 Å². The summed E-state index contributed by atoms with van der Waals surface area (Å²) in [6.07, 6.45) is 2.27. The van der Waals surface area contributed by atoms with E-state index >= 15 is 0 Å². The molecule has 1 aliphatic carbocycles. The predicted octanol–water partition coefficient (Wildman–Crippen LogP) is 1.41. The summed E-state index contributed by atoms with van der Waals surface area (Å²) in [4.78, 5) is 0. The average molecular weight is 215 g/mol. The van der Waals surface area contributed by atoms with Crippen molar-refractivity contribution < 1.29 is 9.84 Å². The number of rotatable bonds is 8. The molecule has 1 saturated carbocycles. The SMILES string of the molecule is CC(C)COCC(O)CNCC1(C)CC1. The van der Waals surface area contributed by atoms with E-state index in [4.69, 9.17) is 4.74 Å². The van der Waals surface area contributed by atoms with Gasteiger partial charge in [-0.05, 0) is 24.2 Å². The fourth-order valence-corrected chi connectivity index (χ4v) is 1.43. The third-order valence-corrected chi connectivity index (χ3v) is 2.80. The van der Waals surface area contributed by atoms with Crippen LogP contribution in [0.4, 0.5) is 0 Å². The molecule has 0 radical (unpaired) electrons. The lowest BCUT2D eigenvalue weighted by atomic mass is 10.1. The molecule has 1 unspecified atom stereocenters. The standard InChI is InChI=1S/C12H25NO2/c1-10(2)7-15-8-11(14)6-13-9-12(3)4-5-12/h10-11,13-14H,4-9H2,1-3H3. The molecule has 0 aromatic rings. The highest BCUT2D eigenvalue weighted by Crippen LogP contribution is 2.43. The van der Waals surface area contributed by atoms with Gasteiger partial charge in [-0.15, -0.1) is 0 Å². The molecule has 1 atom stereocenters. The van der Waals surface area contributed by atoms with Crippen molar-refractivity contribution in [2.24, 2.45) is 11.3 Å². The van der Waals surface area contributed by atoms with Crippen LogP contribution in [0.2, 0.25) is 0 Å². The van der Waals surface area contributed by atoms with Gasteiger partial charge in [0.1, 0.15) is 0 Å². The molecule has 3 heteroatoms. The molecule has 3 nitrogen and oxygen atoms in total. The van der Waals surface area contributed by atoms with Gasteiger partial charge in [-0.25, -0.2) is 0 Å². The van der Waals surface area contributed by atoms with E-state index in [1.165, 1.54) is 12.8 Å². The Morgan fingerprint density at radius 2 is 2.00 bits per heavy atom. The van der Waals surface area contributed by atoms with Gasteiger partial charge >= 0.3 is 0 Å². The minimum absolute atomic E-state index is 0.369. The molecule has 1 aliphatic rings. The van der Waals surface area contributed by atoms with Crippen LogP contribution in [-0.4, -0.2) is 37.5 Å². The van der Waals surface area contributed by atoms with Crippen molar-refractivity contribution in [3.63, 3.8) is 0 Å². The molecule has 0 aliphatic heterocycles. The van der Waals surface area contributed by atoms with Gasteiger partial charge in [-0.3, -0.25) is 0 Å². The molecule has 0 aromatic heterocycles. The highest BCUT2D eigenvalue weighted by molar-refractivity contribution is 4.90. The van der Waals surface area contributed by atoms with Gasteiger partial charge < -0.3 is 15.2 Å². The summed E-state index contributed by atoms with van der Waals surface area (Å²) in [6, 6.07) is 0. The van der Waals surface area contributed by atoms with Crippen molar-refractivity contribution in [3.05, 3.63) is 0 Å². The molecule has 1 rings (SSSR count). The zero-order chi connectivity index (χ0) is 11.3. The van der Waals surface area contributed by atoms with Crippen LogP contribution < -0.4 is 5.32 Å².